The van der Waals surface area contributed by atoms with Crippen LogP contribution in [0, 0.1) is 11.3 Å². The summed E-state index contributed by atoms with van der Waals surface area (Å²) < 4.78 is 0. The number of aliphatic hydroxyl groups is 1. The van der Waals surface area contributed by atoms with E-state index >= 15 is 0 Å². The monoisotopic (exact) mass is 321 g/mol. The topological polar surface area (TPSA) is 90.8 Å². The third kappa shape index (κ3) is 5.05. The predicted molar refractivity (Wildman–Crippen MR) is 89.3 cm³/mol. The Morgan fingerprint density at radius 2 is 1.86 bits per heavy atom. The van der Waals surface area contributed by atoms with E-state index in [0.29, 0.717) is 6.42 Å². The molecule has 2 rings (SSSR count). The Labute approximate surface area is 154 Å². The zero-order chi connectivity index (χ0) is 15.9. The van der Waals surface area contributed by atoms with Gasteiger partial charge in [0.25, 0.3) is 11.9 Å². The fourth-order valence-corrected chi connectivity index (χ4v) is 2.93. The minimum atomic E-state index is -1.11. The normalized spacial score (nSPS) is 25.3. The van der Waals surface area contributed by atoms with Crippen LogP contribution in [0.2, 0.25) is 0 Å². The zero-order valence-corrected chi connectivity index (χ0v) is 13.2. The van der Waals surface area contributed by atoms with Crippen molar-refractivity contribution in [3.8, 4) is 0 Å². The number of amides is 2. The van der Waals surface area contributed by atoms with Gasteiger partial charge in [0, 0.05) is 0 Å². The molecule has 1 fully saturated rings. The number of hydrogen-bond acceptors (Lipinski definition) is 3. The number of aliphatic hydroxyl groups excluding tert-OH is 1. The van der Waals surface area contributed by atoms with E-state index in [1.54, 1.807) is 6.92 Å². The molecule has 0 aliphatic carbocycles. The molecule has 0 bridgehead atoms. The van der Waals surface area contributed by atoms with E-state index in [1.165, 1.54) is 25.9 Å². The molecule has 2 unspecified atom stereocenters. The van der Waals surface area contributed by atoms with Crippen molar-refractivity contribution >= 4 is 47.4 Å². The fourth-order valence-electron chi connectivity index (χ4n) is 2.93. The van der Waals surface area contributed by atoms with Gasteiger partial charge in [-0.05, 0) is 44.7 Å². The van der Waals surface area contributed by atoms with Crippen molar-refractivity contribution in [3.63, 3.8) is 0 Å². The van der Waals surface area contributed by atoms with Gasteiger partial charge in [0.1, 0.15) is 5.41 Å². The number of hydrogen-bond donors (Lipinski definition) is 3. The van der Waals surface area contributed by atoms with E-state index in [0.717, 1.165) is 12.8 Å². The molecule has 2 amide bonds. The van der Waals surface area contributed by atoms with Gasteiger partial charge in [-0.1, -0.05) is 27.2 Å². The number of nitrogens with one attached hydrogen (secondary N) is 2. The second-order valence-corrected chi connectivity index (χ2v) is 5.67. The molecule has 2 aliphatic rings. The average Bonchev–Trinajstić information content (AvgIpc) is 2.98. The van der Waals surface area contributed by atoms with Crippen LogP contribution in [0.4, 0.5) is 0 Å². The van der Waals surface area contributed by atoms with Gasteiger partial charge in [0.2, 0.25) is 5.91 Å². The van der Waals surface area contributed by atoms with Crippen molar-refractivity contribution in [1.29, 1.82) is 0 Å². The number of carbonyl (C=O) groups is 2. The summed E-state index contributed by atoms with van der Waals surface area (Å²) >= 11 is 0. The molecular formula is C15H28N3NaO3. The van der Waals surface area contributed by atoms with Gasteiger partial charge < -0.3 is 10.4 Å². The van der Waals surface area contributed by atoms with Gasteiger partial charge in [-0.15, -0.1) is 0 Å². The molecule has 2 heterocycles. The first-order valence-corrected chi connectivity index (χ1v) is 7.83. The Kier molecular flexibility index (Phi) is 10.2. The maximum absolute atomic E-state index is 11.9. The minimum absolute atomic E-state index is 0. The molecule has 6 nitrogen and oxygen atoms in total. The van der Waals surface area contributed by atoms with Crippen LogP contribution in [-0.4, -0.2) is 65.6 Å². The summed E-state index contributed by atoms with van der Waals surface area (Å²) in [6.45, 7) is 8.18. The van der Waals surface area contributed by atoms with Crippen molar-refractivity contribution < 1.29 is 14.7 Å². The molecule has 0 radical (unpaired) electrons. The quantitative estimate of drug-likeness (QED) is 0.534. The van der Waals surface area contributed by atoms with E-state index in [9.17, 15) is 9.59 Å². The zero-order valence-electron chi connectivity index (χ0n) is 13.2. The van der Waals surface area contributed by atoms with Crippen LogP contribution in [0.3, 0.4) is 0 Å². The molecule has 0 aromatic carbocycles. The fraction of sp³-hybridized carbons (Fsp3) is 0.800. The number of carbonyl (C=O) groups excluding carboxylic acids is 2. The van der Waals surface area contributed by atoms with E-state index in [4.69, 9.17) is 5.11 Å². The molecule has 0 aromatic rings. The van der Waals surface area contributed by atoms with E-state index in [2.05, 4.69) is 15.6 Å². The third-order valence-electron chi connectivity index (χ3n) is 4.30. The summed E-state index contributed by atoms with van der Waals surface area (Å²) in [5, 5.41) is 14.5. The average molecular weight is 321 g/mol. The Balaban J connectivity index is 0.000000622. The van der Waals surface area contributed by atoms with Crippen molar-refractivity contribution in [1.82, 2.24) is 10.6 Å². The molecular weight excluding hydrogens is 293 g/mol. The van der Waals surface area contributed by atoms with Crippen molar-refractivity contribution in [2.45, 2.75) is 52.9 Å². The molecule has 1 saturated heterocycles. The Hall–Kier alpha value is -0.430. The molecule has 22 heavy (non-hydrogen) atoms. The van der Waals surface area contributed by atoms with Crippen LogP contribution in [0.1, 0.15) is 52.9 Å². The van der Waals surface area contributed by atoms with Crippen LogP contribution in [0.15, 0.2) is 4.99 Å². The second kappa shape index (κ2) is 10.4. The van der Waals surface area contributed by atoms with Crippen LogP contribution in [0.25, 0.3) is 0 Å². The number of nitrogens with zero attached hydrogens (tertiary/aromatic N) is 1. The molecule has 2 aliphatic heterocycles. The molecule has 7 heteroatoms. The second-order valence-electron chi connectivity index (χ2n) is 5.67. The van der Waals surface area contributed by atoms with Crippen LogP contribution in [-0.2, 0) is 9.59 Å². The summed E-state index contributed by atoms with van der Waals surface area (Å²) in [7, 11) is 0. The van der Waals surface area contributed by atoms with Gasteiger partial charge in [0.05, 0.1) is 0 Å². The van der Waals surface area contributed by atoms with Crippen LogP contribution >= 0.6 is 0 Å². The summed E-state index contributed by atoms with van der Waals surface area (Å²) in [4.78, 5) is 27.2. The first-order valence-electron chi connectivity index (χ1n) is 7.83. The Bertz CT molecular complexity index is 403. The summed E-state index contributed by atoms with van der Waals surface area (Å²) in [5.74, 6) is -1.04. The SMILES string of the molecule is C1CCNC1.CCCC(C)C1(CC)C(=O)N=C(O)NC1=O.[NaH]. The van der Waals surface area contributed by atoms with E-state index in [1.807, 2.05) is 13.8 Å². The third-order valence-corrected chi connectivity index (χ3v) is 4.30. The van der Waals surface area contributed by atoms with Gasteiger partial charge >= 0.3 is 29.6 Å². The molecule has 0 aromatic heterocycles. The van der Waals surface area contributed by atoms with Gasteiger partial charge in [-0.2, -0.15) is 4.99 Å². The summed E-state index contributed by atoms with van der Waals surface area (Å²) in [6, 6.07) is -0.595. The molecule has 3 N–H and O–H groups in total. The van der Waals surface area contributed by atoms with Crippen molar-refractivity contribution in [2.24, 2.45) is 16.3 Å². The summed E-state index contributed by atoms with van der Waals surface area (Å²) in [5.41, 5.74) is -1.11. The van der Waals surface area contributed by atoms with Crippen molar-refractivity contribution in [3.05, 3.63) is 0 Å². The first kappa shape index (κ1) is 21.6. The predicted octanol–water partition coefficient (Wildman–Crippen LogP) is 1.11. The van der Waals surface area contributed by atoms with Crippen LogP contribution in [0.5, 0.6) is 0 Å². The molecule has 2 atom stereocenters. The molecule has 0 saturated carbocycles. The molecule has 122 valence electrons. The number of rotatable bonds is 4. The van der Waals surface area contributed by atoms with Gasteiger partial charge in [-0.25, -0.2) is 0 Å². The standard InChI is InChI=1S/C11H18N2O3.C4H9N.Na.H/c1-4-6-7(3)11(5-2)8(14)12-10(16)13-9(11)15;1-2-4-5-3-1;;/h7H,4-6H2,1-3H3,(H2,12,13,14,15,16);5H,1-4H2;;. The Morgan fingerprint density at radius 1 is 1.27 bits per heavy atom. The number of amidine groups is 1. The van der Waals surface area contributed by atoms with Crippen molar-refractivity contribution in [2.75, 3.05) is 13.1 Å². The number of aliphatic imine (C=N–C) groups is 1. The first-order chi connectivity index (χ1) is 9.98. The Morgan fingerprint density at radius 3 is 2.23 bits per heavy atom. The van der Waals surface area contributed by atoms with E-state index < -0.39 is 23.3 Å². The maximum atomic E-state index is 11.9. The van der Waals surface area contributed by atoms with Gasteiger partial charge in [-0.3, -0.25) is 14.9 Å². The summed E-state index contributed by atoms with van der Waals surface area (Å²) in [6.07, 6.45) is 4.86. The molecule has 0 spiro atoms. The van der Waals surface area contributed by atoms with Gasteiger partial charge in [0.15, 0.2) is 0 Å². The van der Waals surface area contributed by atoms with E-state index in [-0.39, 0.29) is 35.5 Å². The van der Waals surface area contributed by atoms with Crippen LogP contribution < -0.4 is 10.6 Å².